The van der Waals surface area contributed by atoms with Crippen molar-refractivity contribution in [3.8, 4) is 0 Å². The number of amidine groups is 1. The lowest BCUT2D eigenvalue weighted by atomic mass is 10.2. The third kappa shape index (κ3) is 3.78. The van der Waals surface area contributed by atoms with E-state index in [1.54, 1.807) is 30.3 Å². The highest BCUT2D eigenvalue weighted by molar-refractivity contribution is 8.15. The largest absolute Gasteiger partial charge is 0.279 e. The number of thioether (sulfide) groups is 1. The Bertz CT molecular complexity index is 955. The molecule has 0 aliphatic carbocycles. The number of nitrogens with zero attached hydrogens (tertiary/aromatic N) is 2. The second kappa shape index (κ2) is 6.79. The highest BCUT2D eigenvalue weighted by atomic mass is 32.2. The minimum Gasteiger partial charge on any atom is -0.273 e. The van der Waals surface area contributed by atoms with Gasteiger partial charge < -0.3 is 0 Å². The highest BCUT2D eigenvalue weighted by Crippen LogP contribution is 2.27. The fraction of sp³-hybridized carbons (Fsp3) is 0.0625. The molecular weight excluding hydrogens is 362 g/mol. The fourth-order valence-corrected chi connectivity index (χ4v) is 3.60. The number of carbonyl (C=O) groups excluding carboxylic acids is 2. The van der Waals surface area contributed by atoms with Crippen molar-refractivity contribution >= 4 is 44.5 Å². The zero-order chi connectivity index (χ0) is 18.0. The van der Waals surface area contributed by atoms with Crippen LogP contribution >= 0.6 is 11.8 Å². The lowest BCUT2D eigenvalue weighted by molar-refractivity contribution is -0.115. The average Bonchev–Trinajstić information content (AvgIpc) is 2.95. The highest BCUT2D eigenvalue weighted by Gasteiger charge is 2.30. The molecule has 1 aliphatic rings. The summed E-state index contributed by atoms with van der Waals surface area (Å²) in [6.45, 7) is 0. The van der Waals surface area contributed by atoms with E-state index >= 15 is 0 Å². The number of rotatable bonds is 3. The summed E-state index contributed by atoms with van der Waals surface area (Å²) in [6, 6.07) is 14.0. The Morgan fingerprint density at radius 3 is 2.32 bits per heavy atom. The molecule has 1 fully saturated rings. The van der Waals surface area contributed by atoms with Crippen molar-refractivity contribution in [2.45, 2.75) is 4.90 Å². The van der Waals surface area contributed by atoms with E-state index in [4.69, 9.17) is 5.14 Å². The summed E-state index contributed by atoms with van der Waals surface area (Å²) >= 11 is 1.15. The van der Waals surface area contributed by atoms with Crippen molar-refractivity contribution in [1.82, 2.24) is 0 Å². The van der Waals surface area contributed by atoms with E-state index < -0.39 is 15.9 Å². The summed E-state index contributed by atoms with van der Waals surface area (Å²) in [5.41, 5.74) is 0.835. The van der Waals surface area contributed by atoms with Crippen molar-refractivity contribution in [3.05, 3.63) is 60.2 Å². The van der Waals surface area contributed by atoms with Gasteiger partial charge in [-0.2, -0.15) is 4.99 Å². The van der Waals surface area contributed by atoms with Crippen LogP contribution in [0.2, 0.25) is 0 Å². The van der Waals surface area contributed by atoms with Crippen molar-refractivity contribution in [2.75, 3.05) is 10.7 Å². The van der Waals surface area contributed by atoms with Crippen LogP contribution in [0.5, 0.6) is 0 Å². The summed E-state index contributed by atoms with van der Waals surface area (Å²) in [6.07, 6.45) is 0. The van der Waals surface area contributed by atoms with Crippen LogP contribution in [0.4, 0.5) is 5.69 Å². The number of aliphatic imine (C=N–C) groups is 1. The first-order chi connectivity index (χ1) is 11.9. The summed E-state index contributed by atoms with van der Waals surface area (Å²) < 4.78 is 22.6. The molecule has 3 rings (SSSR count). The first-order valence-corrected chi connectivity index (χ1v) is 9.66. The maximum Gasteiger partial charge on any atom is 0.279 e. The minimum absolute atomic E-state index is 0.0607. The average molecular weight is 375 g/mol. The maximum absolute atomic E-state index is 12.2. The van der Waals surface area contributed by atoms with Crippen molar-refractivity contribution in [2.24, 2.45) is 10.1 Å². The van der Waals surface area contributed by atoms with Gasteiger partial charge in [0.05, 0.1) is 16.3 Å². The van der Waals surface area contributed by atoms with Gasteiger partial charge in [-0.3, -0.25) is 14.5 Å². The number of hydrogen-bond acceptors (Lipinski definition) is 5. The van der Waals surface area contributed by atoms with Gasteiger partial charge in [0.25, 0.3) is 5.91 Å². The minimum atomic E-state index is -3.82. The molecule has 2 amide bonds. The quantitative estimate of drug-likeness (QED) is 0.876. The molecule has 9 heteroatoms. The van der Waals surface area contributed by atoms with Crippen LogP contribution in [0.3, 0.4) is 0 Å². The molecule has 0 saturated carbocycles. The third-order valence-electron chi connectivity index (χ3n) is 3.41. The van der Waals surface area contributed by atoms with Crippen molar-refractivity contribution < 1.29 is 18.0 Å². The number of amides is 2. The maximum atomic E-state index is 12.2. The van der Waals surface area contributed by atoms with E-state index in [-0.39, 0.29) is 21.7 Å². The molecule has 0 spiro atoms. The molecule has 2 aromatic rings. The SMILES string of the molecule is NS(=O)(=O)c1ccc(N2C(=O)CSC2=NC(=O)c2ccccc2)cc1. The van der Waals surface area contributed by atoms with Gasteiger partial charge in [-0.05, 0) is 36.4 Å². The Morgan fingerprint density at radius 1 is 1.08 bits per heavy atom. The summed E-state index contributed by atoms with van der Waals surface area (Å²) in [4.78, 5) is 29.6. The molecule has 2 N–H and O–H groups in total. The number of benzene rings is 2. The van der Waals surface area contributed by atoms with Crippen LogP contribution in [0.25, 0.3) is 0 Å². The topological polar surface area (TPSA) is 110 Å². The van der Waals surface area contributed by atoms with Crippen LogP contribution in [0.1, 0.15) is 10.4 Å². The third-order valence-corrected chi connectivity index (χ3v) is 5.26. The molecule has 1 aliphatic heterocycles. The molecule has 0 aromatic heterocycles. The second-order valence-electron chi connectivity index (χ2n) is 5.12. The second-order valence-corrected chi connectivity index (χ2v) is 7.63. The van der Waals surface area contributed by atoms with E-state index in [2.05, 4.69) is 4.99 Å². The van der Waals surface area contributed by atoms with E-state index in [0.717, 1.165) is 11.8 Å². The van der Waals surface area contributed by atoms with Gasteiger partial charge in [0, 0.05) is 5.56 Å². The Hall–Kier alpha value is -2.49. The van der Waals surface area contributed by atoms with Gasteiger partial charge in [0.1, 0.15) is 0 Å². The summed E-state index contributed by atoms with van der Waals surface area (Å²) in [5.74, 6) is -0.547. The zero-order valence-corrected chi connectivity index (χ0v) is 14.5. The lowest BCUT2D eigenvalue weighted by Gasteiger charge is -2.16. The Labute approximate surface area is 148 Å². The molecule has 128 valence electrons. The van der Waals surface area contributed by atoms with Gasteiger partial charge in [-0.1, -0.05) is 30.0 Å². The molecule has 7 nitrogen and oxygen atoms in total. The number of nitrogens with two attached hydrogens (primary N) is 1. The Kier molecular flexibility index (Phi) is 4.71. The Morgan fingerprint density at radius 2 is 1.72 bits per heavy atom. The molecule has 1 saturated heterocycles. The monoisotopic (exact) mass is 375 g/mol. The van der Waals surface area contributed by atoms with Gasteiger partial charge in [0.15, 0.2) is 5.17 Å². The van der Waals surface area contributed by atoms with Gasteiger partial charge in [0.2, 0.25) is 15.9 Å². The van der Waals surface area contributed by atoms with Crippen LogP contribution in [-0.4, -0.2) is 31.2 Å². The lowest BCUT2D eigenvalue weighted by Crippen LogP contribution is -2.29. The van der Waals surface area contributed by atoms with Crippen LogP contribution in [0.15, 0.2) is 64.5 Å². The van der Waals surface area contributed by atoms with E-state index in [1.165, 1.54) is 29.2 Å². The molecule has 0 atom stereocenters. The number of anilines is 1. The number of primary sulfonamides is 1. The number of hydrogen-bond donors (Lipinski definition) is 1. The van der Waals surface area contributed by atoms with Gasteiger partial charge in [-0.15, -0.1) is 0 Å². The molecule has 2 aromatic carbocycles. The van der Waals surface area contributed by atoms with Crippen molar-refractivity contribution in [1.29, 1.82) is 0 Å². The van der Waals surface area contributed by atoms with Crippen LogP contribution in [-0.2, 0) is 14.8 Å². The molecule has 1 heterocycles. The fourth-order valence-electron chi connectivity index (χ4n) is 2.22. The smallest absolute Gasteiger partial charge is 0.273 e. The number of carbonyl (C=O) groups is 2. The molecule has 0 radical (unpaired) electrons. The first kappa shape index (κ1) is 17.3. The number of sulfonamides is 1. The first-order valence-electron chi connectivity index (χ1n) is 7.13. The van der Waals surface area contributed by atoms with E-state index in [9.17, 15) is 18.0 Å². The Balaban J connectivity index is 1.92. The van der Waals surface area contributed by atoms with Gasteiger partial charge >= 0.3 is 0 Å². The summed E-state index contributed by atoms with van der Waals surface area (Å²) in [5, 5.41) is 5.32. The molecule has 0 bridgehead atoms. The zero-order valence-electron chi connectivity index (χ0n) is 12.8. The van der Waals surface area contributed by atoms with Crippen LogP contribution < -0.4 is 10.0 Å². The predicted octanol–water partition coefficient (Wildman–Crippen LogP) is 1.61. The van der Waals surface area contributed by atoms with Crippen molar-refractivity contribution in [3.63, 3.8) is 0 Å². The van der Waals surface area contributed by atoms with E-state index in [0.29, 0.717) is 11.3 Å². The molecular formula is C16H13N3O4S2. The van der Waals surface area contributed by atoms with Gasteiger partial charge in [-0.25, -0.2) is 13.6 Å². The van der Waals surface area contributed by atoms with Crippen LogP contribution in [0, 0.1) is 0 Å². The van der Waals surface area contributed by atoms with E-state index in [1.807, 2.05) is 0 Å². The standard InChI is InChI=1S/C16H13N3O4S2/c17-25(22,23)13-8-6-12(7-9-13)19-14(20)10-24-16(19)18-15(21)11-4-2-1-3-5-11/h1-9H,10H2,(H2,17,22,23). The summed E-state index contributed by atoms with van der Waals surface area (Å²) in [7, 11) is -3.82. The normalized spacial score (nSPS) is 16.4. The molecule has 0 unspecified atom stereocenters. The predicted molar refractivity (Wildman–Crippen MR) is 96.0 cm³/mol. The molecule has 25 heavy (non-hydrogen) atoms.